The van der Waals surface area contributed by atoms with Crippen molar-refractivity contribution in [1.29, 1.82) is 0 Å². The number of terminal acetylenes is 1. The molecule has 0 radical (unpaired) electrons. The molecule has 1 nitrogen and oxygen atoms in total. The Morgan fingerprint density at radius 2 is 1.75 bits per heavy atom. The molecule has 0 rings (SSSR count). The Hall–Kier alpha value is -0.263. The van der Waals surface area contributed by atoms with Crippen molar-refractivity contribution in [2.45, 2.75) is 40.0 Å². The summed E-state index contributed by atoms with van der Waals surface area (Å²) in [6.07, 6.45) is 8.75. The highest BCUT2D eigenvalue weighted by atomic mass is 28.2. The highest BCUT2D eigenvalue weighted by Crippen LogP contribution is 2.30. The van der Waals surface area contributed by atoms with Gasteiger partial charge in [0, 0.05) is 6.61 Å². The van der Waals surface area contributed by atoms with Gasteiger partial charge in [0.15, 0.2) is 0 Å². The second-order valence-corrected chi connectivity index (χ2v) is 4.36. The maximum absolute atomic E-state index is 5.52. The number of hydrogen-bond donors (Lipinski definition) is 0. The lowest BCUT2D eigenvalue weighted by atomic mass is 9.81. The Bertz CT molecular complexity index is 136. The normalized spacial score (nSPS) is 12.2. The highest BCUT2D eigenvalue weighted by Gasteiger charge is 2.23. The third-order valence-electron chi connectivity index (χ3n) is 2.84. The molecule has 0 saturated heterocycles. The van der Waals surface area contributed by atoms with Crippen LogP contribution in [0.4, 0.5) is 0 Å². The summed E-state index contributed by atoms with van der Waals surface area (Å²) in [7, 11) is -0.658. The minimum absolute atomic E-state index is 0.393. The maximum atomic E-state index is 5.52. The van der Waals surface area contributed by atoms with Crippen LogP contribution in [0.1, 0.15) is 40.0 Å². The first-order chi connectivity index (χ1) is 5.74. The Labute approximate surface area is 78.8 Å². The van der Waals surface area contributed by atoms with Crippen LogP contribution in [0.5, 0.6) is 0 Å². The van der Waals surface area contributed by atoms with Gasteiger partial charge in [-0.25, -0.2) is 0 Å². The van der Waals surface area contributed by atoms with Gasteiger partial charge < -0.3 is 4.43 Å². The van der Waals surface area contributed by atoms with Gasteiger partial charge in [-0.3, -0.25) is 0 Å². The molecule has 0 saturated carbocycles. The molecule has 0 unspecified atom stereocenters. The zero-order valence-corrected chi connectivity index (χ0v) is 9.94. The minimum Gasteiger partial charge on any atom is -0.410 e. The average molecular weight is 184 g/mol. The van der Waals surface area contributed by atoms with Crippen LogP contribution in [0.25, 0.3) is 0 Å². The SMILES string of the molecule is C#C[SiH2]OCC(CC)(CC)CC. The third-order valence-corrected chi connectivity index (χ3v) is 3.42. The smallest absolute Gasteiger partial charge is 0.240 e. The van der Waals surface area contributed by atoms with Crippen molar-refractivity contribution >= 4 is 9.76 Å². The van der Waals surface area contributed by atoms with E-state index in [1.165, 1.54) is 19.3 Å². The molecule has 0 atom stereocenters. The van der Waals surface area contributed by atoms with E-state index >= 15 is 0 Å². The molecule has 0 aliphatic rings. The van der Waals surface area contributed by atoms with E-state index in [1.54, 1.807) is 0 Å². The molecular formula is C10H20OSi. The molecule has 0 aromatic rings. The fourth-order valence-corrected chi connectivity index (χ4v) is 2.04. The quantitative estimate of drug-likeness (QED) is 0.348. The van der Waals surface area contributed by atoms with Crippen LogP contribution < -0.4 is 0 Å². The average Bonchev–Trinajstić information content (AvgIpc) is 2.14. The van der Waals surface area contributed by atoms with Gasteiger partial charge in [0.1, 0.15) is 0 Å². The molecular weight excluding hydrogens is 164 g/mol. The van der Waals surface area contributed by atoms with Crippen molar-refractivity contribution < 1.29 is 4.43 Å². The van der Waals surface area contributed by atoms with E-state index < -0.39 is 9.76 Å². The summed E-state index contributed by atoms with van der Waals surface area (Å²) in [4.78, 5) is 0. The van der Waals surface area contributed by atoms with Crippen LogP contribution in [-0.2, 0) is 4.43 Å². The van der Waals surface area contributed by atoms with E-state index in [4.69, 9.17) is 10.8 Å². The summed E-state index contributed by atoms with van der Waals surface area (Å²) >= 11 is 0. The van der Waals surface area contributed by atoms with E-state index in [2.05, 4.69) is 26.3 Å². The number of hydrogen-bond acceptors (Lipinski definition) is 1. The fourth-order valence-electron chi connectivity index (χ4n) is 1.38. The second kappa shape index (κ2) is 6.27. The lowest BCUT2D eigenvalue weighted by Gasteiger charge is -2.29. The van der Waals surface area contributed by atoms with Gasteiger partial charge in [0.2, 0.25) is 9.76 Å². The molecule has 2 heteroatoms. The fraction of sp³-hybridized carbons (Fsp3) is 0.800. The Balaban J connectivity index is 3.86. The summed E-state index contributed by atoms with van der Waals surface area (Å²) in [6, 6.07) is 0. The van der Waals surface area contributed by atoms with Crippen LogP contribution in [0, 0.1) is 17.4 Å². The Morgan fingerprint density at radius 1 is 1.25 bits per heavy atom. The molecule has 0 aromatic heterocycles. The van der Waals surface area contributed by atoms with Crippen LogP contribution >= 0.6 is 0 Å². The first-order valence-corrected chi connectivity index (χ1v) is 6.04. The molecule has 0 amide bonds. The Morgan fingerprint density at radius 3 is 2.08 bits per heavy atom. The predicted molar refractivity (Wildman–Crippen MR) is 56.6 cm³/mol. The first-order valence-electron chi connectivity index (χ1n) is 4.76. The molecule has 0 aliphatic heterocycles. The first kappa shape index (κ1) is 11.7. The molecule has 0 aromatic carbocycles. The molecule has 0 spiro atoms. The summed E-state index contributed by atoms with van der Waals surface area (Å²) < 4.78 is 5.52. The van der Waals surface area contributed by atoms with E-state index in [0.717, 1.165) is 6.61 Å². The Kier molecular flexibility index (Phi) is 6.14. The maximum Gasteiger partial charge on any atom is 0.240 e. The molecule has 0 bridgehead atoms. The van der Waals surface area contributed by atoms with Gasteiger partial charge in [-0.1, -0.05) is 20.8 Å². The van der Waals surface area contributed by atoms with Gasteiger partial charge in [0.25, 0.3) is 0 Å². The van der Waals surface area contributed by atoms with Crippen LogP contribution in [-0.4, -0.2) is 16.4 Å². The molecule has 12 heavy (non-hydrogen) atoms. The van der Waals surface area contributed by atoms with Crippen molar-refractivity contribution in [2.75, 3.05) is 6.61 Å². The van der Waals surface area contributed by atoms with Gasteiger partial charge in [-0.2, -0.15) is 0 Å². The lowest BCUT2D eigenvalue weighted by Crippen LogP contribution is -2.25. The van der Waals surface area contributed by atoms with Crippen molar-refractivity contribution in [3.8, 4) is 12.0 Å². The van der Waals surface area contributed by atoms with E-state index in [1.807, 2.05) is 0 Å². The van der Waals surface area contributed by atoms with Gasteiger partial charge in [-0.15, -0.1) is 12.0 Å². The van der Waals surface area contributed by atoms with E-state index in [9.17, 15) is 0 Å². The largest absolute Gasteiger partial charge is 0.410 e. The summed E-state index contributed by atoms with van der Waals surface area (Å²) in [5.41, 5.74) is 3.02. The monoisotopic (exact) mass is 184 g/mol. The van der Waals surface area contributed by atoms with E-state index in [-0.39, 0.29) is 0 Å². The van der Waals surface area contributed by atoms with Crippen LogP contribution in [0.2, 0.25) is 0 Å². The molecule has 70 valence electrons. The lowest BCUT2D eigenvalue weighted by molar-refractivity contribution is 0.134. The molecule has 0 N–H and O–H groups in total. The summed E-state index contributed by atoms with van der Waals surface area (Å²) in [5.74, 6) is 0. The van der Waals surface area contributed by atoms with Crippen molar-refractivity contribution in [2.24, 2.45) is 5.41 Å². The van der Waals surface area contributed by atoms with Crippen LogP contribution in [0.15, 0.2) is 0 Å². The predicted octanol–water partition coefficient (Wildman–Crippen LogP) is 1.89. The van der Waals surface area contributed by atoms with Crippen molar-refractivity contribution in [3.05, 3.63) is 0 Å². The van der Waals surface area contributed by atoms with Crippen molar-refractivity contribution in [3.63, 3.8) is 0 Å². The van der Waals surface area contributed by atoms with Gasteiger partial charge in [0.05, 0.1) is 0 Å². The summed E-state index contributed by atoms with van der Waals surface area (Å²) in [6.45, 7) is 7.56. The third kappa shape index (κ3) is 3.42. The van der Waals surface area contributed by atoms with E-state index in [0.29, 0.717) is 5.41 Å². The zero-order chi connectivity index (χ0) is 9.45. The standard InChI is InChI=1S/C10H20OSi/c1-5-10(6-2,7-3)9-11-12-8-4/h4H,5-7,9,12H2,1-3H3. The van der Waals surface area contributed by atoms with Crippen LogP contribution in [0.3, 0.4) is 0 Å². The summed E-state index contributed by atoms with van der Waals surface area (Å²) in [5, 5.41) is 0. The highest BCUT2D eigenvalue weighted by molar-refractivity contribution is 6.38. The van der Waals surface area contributed by atoms with Gasteiger partial charge >= 0.3 is 0 Å². The molecule has 0 aliphatic carbocycles. The molecule has 0 fully saturated rings. The van der Waals surface area contributed by atoms with Gasteiger partial charge in [-0.05, 0) is 24.7 Å². The zero-order valence-electron chi connectivity index (χ0n) is 8.52. The minimum atomic E-state index is -0.658. The second-order valence-electron chi connectivity index (χ2n) is 3.26. The topological polar surface area (TPSA) is 9.23 Å². The van der Waals surface area contributed by atoms with Crippen molar-refractivity contribution in [1.82, 2.24) is 0 Å². The number of rotatable bonds is 6. The molecule has 0 heterocycles.